The molecule has 2 atom stereocenters. The number of sulfonamides is 1. The first-order chi connectivity index (χ1) is 17.6. The monoisotopic (exact) mass is 546 g/mol. The number of benzene rings is 1. The Labute approximate surface area is 220 Å². The fraction of sp³-hybridized carbons (Fsp3) is 0.560. The molecule has 2 aromatic rings. The number of aromatic nitrogens is 2. The lowest BCUT2D eigenvalue weighted by atomic mass is 9.73. The number of hydrogen-bond acceptors (Lipinski definition) is 8. The summed E-state index contributed by atoms with van der Waals surface area (Å²) in [5.41, 5.74) is 1.62. The van der Waals surface area contributed by atoms with Crippen molar-refractivity contribution in [1.82, 2.24) is 19.6 Å². The topological polar surface area (TPSA) is 125 Å². The van der Waals surface area contributed by atoms with Gasteiger partial charge >= 0.3 is 0 Å². The lowest BCUT2D eigenvalue weighted by Gasteiger charge is -2.42. The second kappa shape index (κ2) is 10.3. The van der Waals surface area contributed by atoms with Gasteiger partial charge in [-0.1, -0.05) is 30.3 Å². The second-order valence-corrected chi connectivity index (χ2v) is 13.7. The third-order valence-corrected chi connectivity index (χ3v) is 9.83. The van der Waals surface area contributed by atoms with Gasteiger partial charge in [0.25, 0.3) is 0 Å². The molecule has 3 aliphatic heterocycles. The molecule has 1 amide bonds. The van der Waals surface area contributed by atoms with E-state index in [1.165, 1.54) is 6.26 Å². The third kappa shape index (κ3) is 5.65. The van der Waals surface area contributed by atoms with Crippen LogP contribution in [0.5, 0.6) is 0 Å². The van der Waals surface area contributed by atoms with E-state index in [1.807, 2.05) is 18.2 Å². The lowest BCUT2D eigenvalue weighted by molar-refractivity contribution is -0.132. The van der Waals surface area contributed by atoms with Gasteiger partial charge in [0.2, 0.25) is 21.9 Å². The maximum absolute atomic E-state index is 12.8. The van der Waals surface area contributed by atoms with E-state index in [-0.39, 0.29) is 17.4 Å². The van der Waals surface area contributed by atoms with Crippen LogP contribution in [0.1, 0.15) is 36.9 Å². The Kier molecular flexibility index (Phi) is 7.25. The van der Waals surface area contributed by atoms with Crippen molar-refractivity contribution < 1.29 is 17.4 Å². The van der Waals surface area contributed by atoms with Crippen molar-refractivity contribution in [2.45, 2.75) is 48.5 Å². The van der Waals surface area contributed by atoms with Crippen molar-refractivity contribution in [3.63, 3.8) is 0 Å². The van der Waals surface area contributed by atoms with E-state index in [0.717, 1.165) is 24.1 Å². The zero-order valence-electron chi connectivity index (χ0n) is 21.3. The SMILES string of the molecule is CN1CC(Nc2nc(N3CCC(CNS(C)(=O)=O)(c4ccccc4)CC3)nc3c2S(=O)CC3)CCC1=O. The maximum Gasteiger partial charge on any atom is 0.227 e. The first-order valence-corrected chi connectivity index (χ1v) is 15.9. The quantitative estimate of drug-likeness (QED) is 0.532. The van der Waals surface area contributed by atoms with Gasteiger partial charge in [-0.3, -0.25) is 9.00 Å². The van der Waals surface area contributed by atoms with Gasteiger partial charge in [0.05, 0.1) is 22.7 Å². The Morgan fingerprint density at radius 2 is 1.86 bits per heavy atom. The number of likely N-dealkylation sites (N-methyl/N-ethyl adjacent to an activating group) is 1. The highest BCUT2D eigenvalue weighted by atomic mass is 32.2. The number of hydrogen-bond donors (Lipinski definition) is 2. The Morgan fingerprint density at radius 3 is 2.54 bits per heavy atom. The molecule has 0 bridgehead atoms. The Bertz CT molecular complexity index is 1300. The summed E-state index contributed by atoms with van der Waals surface area (Å²) in [5, 5.41) is 3.48. The highest BCUT2D eigenvalue weighted by Crippen LogP contribution is 2.37. The summed E-state index contributed by atoms with van der Waals surface area (Å²) in [5.74, 6) is 1.90. The van der Waals surface area contributed by atoms with Gasteiger partial charge in [0.1, 0.15) is 10.7 Å². The molecule has 3 aliphatic rings. The first-order valence-electron chi connectivity index (χ1n) is 12.7. The number of piperidine rings is 2. The molecule has 0 saturated carbocycles. The summed E-state index contributed by atoms with van der Waals surface area (Å²) >= 11 is 0. The summed E-state index contributed by atoms with van der Waals surface area (Å²) in [6, 6.07) is 10.1. The molecule has 2 saturated heterocycles. The lowest BCUT2D eigenvalue weighted by Crippen LogP contribution is -2.49. The largest absolute Gasteiger partial charge is 0.364 e. The summed E-state index contributed by atoms with van der Waals surface area (Å²) in [6.07, 6.45) is 4.51. The van der Waals surface area contributed by atoms with E-state index in [4.69, 9.17) is 9.97 Å². The molecule has 12 heteroatoms. The predicted molar refractivity (Wildman–Crippen MR) is 144 cm³/mol. The average molecular weight is 547 g/mol. The number of carbonyl (C=O) groups is 1. The van der Waals surface area contributed by atoms with Crippen LogP contribution in [0, 0.1) is 0 Å². The minimum atomic E-state index is -3.32. The summed E-state index contributed by atoms with van der Waals surface area (Å²) < 4.78 is 39.3. The van der Waals surface area contributed by atoms with Crippen molar-refractivity contribution in [2.75, 3.05) is 55.5 Å². The molecule has 0 aliphatic carbocycles. The Morgan fingerprint density at radius 1 is 1.14 bits per heavy atom. The first kappa shape index (κ1) is 26.1. The van der Waals surface area contributed by atoms with Crippen molar-refractivity contribution in [2.24, 2.45) is 0 Å². The minimum Gasteiger partial charge on any atom is -0.364 e. The number of nitrogens with zero attached hydrogens (tertiary/aromatic N) is 4. The molecule has 1 aromatic carbocycles. The third-order valence-electron chi connectivity index (χ3n) is 7.71. The molecule has 37 heavy (non-hydrogen) atoms. The predicted octanol–water partition coefficient (Wildman–Crippen LogP) is 1.26. The number of carbonyl (C=O) groups excluding carboxylic acids is 1. The molecule has 2 unspecified atom stereocenters. The number of rotatable bonds is 7. The van der Waals surface area contributed by atoms with Gasteiger partial charge in [-0.15, -0.1) is 0 Å². The van der Waals surface area contributed by atoms with Crippen molar-refractivity contribution in [1.29, 1.82) is 0 Å². The van der Waals surface area contributed by atoms with Gasteiger partial charge in [-0.05, 0) is 24.8 Å². The zero-order chi connectivity index (χ0) is 26.2. The summed E-state index contributed by atoms with van der Waals surface area (Å²) in [6.45, 7) is 2.26. The maximum atomic E-state index is 12.8. The Hall–Kier alpha value is -2.57. The molecular formula is C25H34N6O4S2. The average Bonchev–Trinajstić information content (AvgIpc) is 3.26. The smallest absolute Gasteiger partial charge is 0.227 e. The molecule has 4 heterocycles. The number of aryl methyl sites for hydroxylation is 1. The van der Waals surface area contributed by atoms with Crippen LogP contribution < -0.4 is 14.9 Å². The number of nitrogens with one attached hydrogen (secondary N) is 2. The number of anilines is 2. The molecule has 5 rings (SSSR count). The molecular weight excluding hydrogens is 512 g/mol. The van der Waals surface area contributed by atoms with Crippen molar-refractivity contribution in [3.05, 3.63) is 41.6 Å². The van der Waals surface area contributed by atoms with Gasteiger partial charge in [0, 0.05) is 63.3 Å². The van der Waals surface area contributed by atoms with Crippen LogP contribution in [0.4, 0.5) is 11.8 Å². The number of fused-ring (bicyclic) bond motifs is 1. The molecule has 0 spiro atoms. The van der Waals surface area contributed by atoms with Gasteiger partial charge in [-0.25, -0.2) is 18.1 Å². The van der Waals surface area contributed by atoms with E-state index in [1.54, 1.807) is 11.9 Å². The van der Waals surface area contributed by atoms with E-state index in [0.29, 0.717) is 67.9 Å². The van der Waals surface area contributed by atoms with E-state index in [2.05, 4.69) is 27.1 Å². The van der Waals surface area contributed by atoms with Gasteiger partial charge in [-0.2, -0.15) is 4.98 Å². The van der Waals surface area contributed by atoms with Crippen LogP contribution in [0.15, 0.2) is 35.2 Å². The molecule has 2 N–H and O–H groups in total. The van der Waals surface area contributed by atoms with Crippen LogP contribution in [0.25, 0.3) is 0 Å². The van der Waals surface area contributed by atoms with E-state index >= 15 is 0 Å². The van der Waals surface area contributed by atoms with Crippen LogP contribution in [0.3, 0.4) is 0 Å². The fourth-order valence-corrected chi connectivity index (χ4v) is 7.36. The van der Waals surface area contributed by atoms with Crippen LogP contribution in [0.2, 0.25) is 0 Å². The highest BCUT2D eigenvalue weighted by molar-refractivity contribution is 7.88. The highest BCUT2D eigenvalue weighted by Gasteiger charge is 2.38. The minimum absolute atomic E-state index is 0.0429. The fourth-order valence-electron chi connectivity index (χ4n) is 5.51. The van der Waals surface area contributed by atoms with Crippen LogP contribution in [-0.4, -0.2) is 84.7 Å². The normalized spacial score (nSPS) is 23.7. The van der Waals surface area contributed by atoms with Crippen molar-refractivity contribution >= 4 is 38.5 Å². The number of amides is 1. The van der Waals surface area contributed by atoms with Crippen LogP contribution >= 0.6 is 0 Å². The Balaban J connectivity index is 1.38. The molecule has 10 nitrogen and oxygen atoms in total. The number of likely N-dealkylation sites (tertiary alicyclic amines) is 1. The molecule has 0 radical (unpaired) electrons. The van der Waals surface area contributed by atoms with E-state index in [9.17, 15) is 17.4 Å². The molecule has 200 valence electrons. The molecule has 1 aromatic heterocycles. The summed E-state index contributed by atoms with van der Waals surface area (Å²) in [7, 11) is -2.67. The van der Waals surface area contributed by atoms with Gasteiger partial charge < -0.3 is 15.1 Å². The zero-order valence-corrected chi connectivity index (χ0v) is 22.9. The standard InChI is InChI=1S/C25H34N6O4S2/c1-30-16-19(8-9-21(30)32)27-23-22-20(10-15-36(22)33)28-24(29-23)31-13-11-25(12-14-31,17-26-37(2,34)35)18-6-4-3-5-7-18/h3-7,19,26H,8-17H2,1-2H3,(H,27,28,29). The molecule has 2 fully saturated rings. The summed E-state index contributed by atoms with van der Waals surface area (Å²) in [4.78, 5) is 26.2. The van der Waals surface area contributed by atoms with Crippen LogP contribution in [-0.2, 0) is 37.5 Å². The van der Waals surface area contributed by atoms with E-state index < -0.39 is 20.8 Å². The van der Waals surface area contributed by atoms with Crippen molar-refractivity contribution in [3.8, 4) is 0 Å². The second-order valence-electron chi connectivity index (χ2n) is 10.3. The van der Waals surface area contributed by atoms with Gasteiger partial charge in [0.15, 0.2) is 0 Å².